The number of urea groups is 2. The molecule has 1 saturated heterocycles. The van der Waals surface area contributed by atoms with Crippen molar-refractivity contribution in [2.24, 2.45) is 5.73 Å². The number of phenols is 2. The van der Waals surface area contributed by atoms with E-state index in [0.29, 0.717) is 0 Å². The molecule has 1 aromatic rings. The van der Waals surface area contributed by atoms with E-state index in [1.807, 2.05) is 22.6 Å². The number of rotatable bonds is 1. The summed E-state index contributed by atoms with van der Waals surface area (Å²) in [5, 5.41) is 18.6. The first kappa shape index (κ1) is 14.4. The summed E-state index contributed by atoms with van der Waals surface area (Å²) in [4.78, 5) is 36.9. The van der Waals surface area contributed by atoms with Crippen molar-refractivity contribution in [2.75, 3.05) is 6.54 Å². The predicted molar refractivity (Wildman–Crippen MR) is 75.4 cm³/mol. The Balaban J connectivity index is 2.31. The minimum Gasteiger partial charge on any atom is -0.504 e. The quantitative estimate of drug-likeness (QED) is 0.283. The summed E-state index contributed by atoms with van der Waals surface area (Å²) in [7, 11) is 0. The molecular weight excluding hydrogens is 381 g/mol. The number of phenolic OH excluding ortho intramolecular Hbond substituents is 2. The Bertz CT molecular complexity index is 606. The van der Waals surface area contributed by atoms with Crippen molar-refractivity contribution in [1.29, 1.82) is 0 Å². The summed E-state index contributed by atoms with van der Waals surface area (Å²) >= 11 is 1.84. The van der Waals surface area contributed by atoms with Gasteiger partial charge in [0.05, 0.1) is 6.54 Å². The van der Waals surface area contributed by atoms with Crippen molar-refractivity contribution in [3.8, 4) is 11.5 Å². The van der Waals surface area contributed by atoms with E-state index in [2.05, 4.69) is 0 Å². The maximum absolute atomic E-state index is 12.2. The summed E-state index contributed by atoms with van der Waals surface area (Å²) in [6, 6.07) is 1.70. The molecule has 1 atom stereocenters. The van der Waals surface area contributed by atoms with Crippen LogP contribution in [0, 0.1) is 0 Å². The largest absolute Gasteiger partial charge is 0.504 e. The minimum atomic E-state index is -0.930. The Hall–Kier alpha value is -2.04. The van der Waals surface area contributed by atoms with Gasteiger partial charge in [0.1, 0.15) is 4.05 Å². The van der Waals surface area contributed by atoms with Crippen molar-refractivity contribution >= 4 is 40.6 Å². The molecule has 4 N–H and O–H groups in total. The molecule has 106 valence electrons. The third-order valence-electron chi connectivity index (χ3n) is 2.76. The minimum absolute atomic E-state index is 0.00450. The van der Waals surface area contributed by atoms with Crippen LogP contribution in [-0.4, -0.2) is 48.6 Å². The molecule has 1 aliphatic heterocycles. The van der Waals surface area contributed by atoms with Gasteiger partial charge in [-0.15, -0.1) is 0 Å². The second-order valence-electron chi connectivity index (χ2n) is 4.04. The van der Waals surface area contributed by atoms with Crippen LogP contribution in [0.2, 0.25) is 0 Å². The molecule has 0 radical (unpaired) electrons. The molecular formula is C11H10IN3O5. The van der Waals surface area contributed by atoms with E-state index in [9.17, 15) is 24.6 Å². The van der Waals surface area contributed by atoms with Crippen molar-refractivity contribution in [3.63, 3.8) is 0 Å². The molecule has 0 spiro atoms. The maximum Gasteiger partial charge on any atom is 0.336 e. The zero-order valence-electron chi connectivity index (χ0n) is 9.99. The van der Waals surface area contributed by atoms with E-state index < -0.39 is 27.8 Å². The number of hydrogen-bond acceptors (Lipinski definition) is 5. The number of carbonyl (C=O) groups is 3. The molecule has 9 heteroatoms. The van der Waals surface area contributed by atoms with Gasteiger partial charge in [-0.1, -0.05) is 22.6 Å². The number of benzene rings is 1. The van der Waals surface area contributed by atoms with Gasteiger partial charge < -0.3 is 15.9 Å². The first-order valence-corrected chi connectivity index (χ1v) is 6.68. The Morgan fingerprint density at radius 2 is 1.95 bits per heavy atom. The first-order chi connectivity index (χ1) is 9.32. The smallest absolute Gasteiger partial charge is 0.336 e. The van der Waals surface area contributed by atoms with Gasteiger partial charge in [0.2, 0.25) is 0 Å². The monoisotopic (exact) mass is 391 g/mol. The molecule has 1 fully saturated rings. The van der Waals surface area contributed by atoms with Crippen LogP contribution in [0.3, 0.4) is 0 Å². The Morgan fingerprint density at radius 1 is 1.30 bits per heavy atom. The van der Waals surface area contributed by atoms with E-state index in [-0.39, 0.29) is 17.9 Å². The van der Waals surface area contributed by atoms with Gasteiger partial charge in [0.25, 0.3) is 5.91 Å². The highest BCUT2D eigenvalue weighted by Gasteiger charge is 2.42. The average molecular weight is 391 g/mol. The Morgan fingerprint density at radius 3 is 2.45 bits per heavy atom. The number of nitrogens with two attached hydrogens (primary N) is 1. The molecule has 2 rings (SSSR count). The van der Waals surface area contributed by atoms with Gasteiger partial charge in [-0.3, -0.25) is 4.79 Å². The van der Waals surface area contributed by atoms with Crippen molar-refractivity contribution in [1.82, 2.24) is 9.80 Å². The number of hydrogen-bond donors (Lipinski definition) is 3. The van der Waals surface area contributed by atoms with E-state index in [4.69, 9.17) is 5.73 Å². The fourth-order valence-corrected chi connectivity index (χ4v) is 2.64. The van der Waals surface area contributed by atoms with E-state index in [0.717, 1.165) is 21.9 Å². The van der Waals surface area contributed by atoms with Crippen LogP contribution in [0.5, 0.6) is 11.5 Å². The molecule has 1 aromatic carbocycles. The van der Waals surface area contributed by atoms with E-state index in [1.165, 1.54) is 6.07 Å². The molecule has 1 heterocycles. The molecule has 0 aromatic heterocycles. The summed E-state index contributed by atoms with van der Waals surface area (Å²) in [6.45, 7) is 0.00450. The Labute approximate surface area is 126 Å². The molecule has 8 nitrogen and oxygen atoms in total. The number of carbonyl (C=O) groups excluding carboxylic acids is 3. The average Bonchev–Trinajstić information content (AvgIpc) is 2.67. The first-order valence-electron chi connectivity index (χ1n) is 5.43. The van der Waals surface area contributed by atoms with Crippen molar-refractivity contribution in [2.45, 2.75) is 4.05 Å². The molecule has 5 amide bonds. The van der Waals surface area contributed by atoms with Crippen LogP contribution in [-0.2, 0) is 0 Å². The number of aromatic hydroxyl groups is 2. The van der Waals surface area contributed by atoms with Crippen LogP contribution in [0.1, 0.15) is 10.4 Å². The van der Waals surface area contributed by atoms with Crippen LogP contribution in [0.4, 0.5) is 9.59 Å². The summed E-state index contributed by atoms with van der Waals surface area (Å²) in [5.41, 5.74) is 5.06. The highest BCUT2D eigenvalue weighted by Crippen LogP contribution is 2.28. The number of imide groups is 2. The number of nitrogens with zero attached hydrogens (tertiary/aromatic N) is 2. The molecule has 20 heavy (non-hydrogen) atoms. The van der Waals surface area contributed by atoms with Gasteiger partial charge >= 0.3 is 12.1 Å². The second-order valence-corrected chi connectivity index (χ2v) is 5.48. The lowest BCUT2D eigenvalue weighted by Crippen LogP contribution is -2.41. The fourth-order valence-electron chi connectivity index (χ4n) is 1.75. The third-order valence-corrected chi connectivity index (χ3v) is 3.71. The third kappa shape index (κ3) is 2.35. The van der Waals surface area contributed by atoms with Crippen LogP contribution in [0.25, 0.3) is 0 Å². The number of primary amides is 1. The van der Waals surface area contributed by atoms with Gasteiger partial charge in [0.15, 0.2) is 11.5 Å². The number of amides is 5. The topological polar surface area (TPSA) is 124 Å². The zero-order valence-corrected chi connectivity index (χ0v) is 12.1. The molecule has 0 bridgehead atoms. The van der Waals surface area contributed by atoms with Gasteiger partial charge in [-0.05, 0) is 18.2 Å². The van der Waals surface area contributed by atoms with Gasteiger partial charge in [-0.2, -0.15) is 0 Å². The predicted octanol–water partition coefficient (Wildman–Crippen LogP) is 0.815. The highest BCUT2D eigenvalue weighted by atomic mass is 127. The highest BCUT2D eigenvalue weighted by molar-refractivity contribution is 14.1. The van der Waals surface area contributed by atoms with Gasteiger partial charge in [0, 0.05) is 5.56 Å². The molecule has 1 unspecified atom stereocenters. The number of halogens is 1. The maximum atomic E-state index is 12.2. The second kappa shape index (κ2) is 5.15. The van der Waals surface area contributed by atoms with Crippen LogP contribution < -0.4 is 5.73 Å². The van der Waals surface area contributed by atoms with Crippen molar-refractivity contribution < 1.29 is 24.6 Å². The Kier molecular flexibility index (Phi) is 3.70. The zero-order chi connectivity index (χ0) is 15.0. The number of alkyl halides is 1. The van der Waals surface area contributed by atoms with Crippen LogP contribution >= 0.6 is 22.6 Å². The lowest BCUT2D eigenvalue weighted by molar-refractivity contribution is 0.0819. The van der Waals surface area contributed by atoms with Crippen molar-refractivity contribution in [3.05, 3.63) is 23.8 Å². The standard InChI is InChI=1S/C11H10IN3O5/c12-8-4-14(10(13)19)11(20)15(8)9(18)5-1-2-6(16)7(17)3-5/h1-3,8,16-17H,4H2,(H2,13,19). The molecule has 1 aliphatic rings. The lowest BCUT2D eigenvalue weighted by Gasteiger charge is -2.17. The normalized spacial score (nSPS) is 18.4. The summed E-state index contributed by atoms with van der Waals surface area (Å²) < 4.78 is -0.559. The summed E-state index contributed by atoms with van der Waals surface area (Å²) in [5.74, 6) is -1.54. The molecule has 0 aliphatic carbocycles. The lowest BCUT2D eigenvalue weighted by atomic mass is 10.2. The molecule has 0 saturated carbocycles. The van der Waals surface area contributed by atoms with Gasteiger partial charge in [-0.25, -0.2) is 19.4 Å². The van der Waals surface area contributed by atoms with E-state index >= 15 is 0 Å². The van der Waals surface area contributed by atoms with Crippen LogP contribution in [0.15, 0.2) is 18.2 Å². The fraction of sp³-hybridized carbons (Fsp3) is 0.182. The summed E-state index contributed by atoms with van der Waals surface area (Å²) in [6.07, 6.45) is 0. The van der Waals surface area contributed by atoms with E-state index in [1.54, 1.807) is 0 Å². The SMILES string of the molecule is NC(=O)N1CC(I)N(C(=O)c2ccc(O)c(O)c2)C1=O.